The van der Waals surface area contributed by atoms with Crippen LogP contribution in [0.1, 0.15) is 5.69 Å². The van der Waals surface area contributed by atoms with Gasteiger partial charge in [0.05, 0.1) is 13.7 Å². The minimum Gasteiger partial charge on any atom is -0.467 e. The molecule has 0 fully saturated rings. The summed E-state index contributed by atoms with van der Waals surface area (Å²) in [5, 5.41) is 20.3. The summed E-state index contributed by atoms with van der Waals surface area (Å²) in [6, 6.07) is 0.848. The zero-order chi connectivity index (χ0) is 12.0. The van der Waals surface area contributed by atoms with Crippen LogP contribution in [0.3, 0.4) is 0 Å². The van der Waals surface area contributed by atoms with Crippen LogP contribution in [0.4, 0.5) is 5.82 Å². The highest BCUT2D eigenvalue weighted by molar-refractivity contribution is 5.79. The fraction of sp³-hybridized carbons (Fsp3) is 0.333. The lowest BCUT2D eigenvalue weighted by Crippen LogP contribution is -2.34. The fourth-order valence-electron chi connectivity index (χ4n) is 1.01. The number of carbonyl (C=O) groups is 1. The van der Waals surface area contributed by atoms with Crippen LogP contribution in [0.5, 0.6) is 0 Å². The molecule has 0 bridgehead atoms. The standard InChI is InChI=1S/C9H10N4O3/c1-16-9(15)7(5-14)13-8-6(4-10)11-2-3-12-8/h2-3,7,14H,5H2,1H3,(H,12,13). The van der Waals surface area contributed by atoms with Gasteiger partial charge in [0.25, 0.3) is 0 Å². The first-order valence-corrected chi connectivity index (χ1v) is 4.39. The van der Waals surface area contributed by atoms with Crippen LogP contribution in [0.25, 0.3) is 0 Å². The summed E-state index contributed by atoms with van der Waals surface area (Å²) in [6.07, 6.45) is 2.73. The number of methoxy groups -OCH3 is 1. The zero-order valence-corrected chi connectivity index (χ0v) is 8.54. The molecule has 1 aromatic heterocycles. The molecule has 84 valence electrons. The van der Waals surface area contributed by atoms with E-state index in [1.165, 1.54) is 19.5 Å². The molecular formula is C9H10N4O3. The van der Waals surface area contributed by atoms with Gasteiger partial charge in [-0.15, -0.1) is 0 Å². The predicted molar refractivity (Wildman–Crippen MR) is 53.3 cm³/mol. The second kappa shape index (κ2) is 5.63. The topological polar surface area (TPSA) is 108 Å². The number of rotatable bonds is 4. The summed E-state index contributed by atoms with van der Waals surface area (Å²) in [6.45, 7) is -0.464. The van der Waals surface area contributed by atoms with Gasteiger partial charge in [-0.3, -0.25) is 0 Å². The normalized spacial score (nSPS) is 11.3. The Balaban J connectivity index is 2.86. The van der Waals surface area contributed by atoms with Crippen molar-refractivity contribution in [1.82, 2.24) is 9.97 Å². The van der Waals surface area contributed by atoms with E-state index < -0.39 is 18.6 Å². The quantitative estimate of drug-likeness (QED) is 0.648. The molecule has 1 rings (SSSR count). The summed E-state index contributed by atoms with van der Waals surface area (Å²) in [4.78, 5) is 18.8. The highest BCUT2D eigenvalue weighted by atomic mass is 16.5. The molecule has 1 unspecified atom stereocenters. The van der Waals surface area contributed by atoms with Crippen molar-refractivity contribution in [3.8, 4) is 6.07 Å². The molecule has 1 atom stereocenters. The second-order valence-electron chi connectivity index (χ2n) is 2.77. The van der Waals surface area contributed by atoms with Crippen LogP contribution in [0, 0.1) is 11.3 Å². The number of carbonyl (C=O) groups excluding carboxylic acids is 1. The van der Waals surface area contributed by atoms with Crippen molar-refractivity contribution in [2.24, 2.45) is 0 Å². The number of nitriles is 1. The van der Waals surface area contributed by atoms with Crippen LogP contribution in [0.2, 0.25) is 0 Å². The molecule has 2 N–H and O–H groups in total. The summed E-state index contributed by atoms with van der Waals surface area (Å²) in [5.74, 6) is -0.508. The molecule has 0 aliphatic heterocycles. The lowest BCUT2D eigenvalue weighted by Gasteiger charge is -2.14. The molecule has 0 saturated heterocycles. The number of aliphatic hydroxyl groups excluding tert-OH is 1. The van der Waals surface area contributed by atoms with Gasteiger partial charge in [0.1, 0.15) is 12.1 Å². The van der Waals surface area contributed by atoms with Crippen LogP contribution < -0.4 is 5.32 Å². The Kier molecular flexibility index (Phi) is 4.17. The molecule has 1 aromatic rings. The second-order valence-corrected chi connectivity index (χ2v) is 2.77. The minimum atomic E-state index is -0.964. The van der Waals surface area contributed by atoms with Gasteiger partial charge >= 0.3 is 5.97 Å². The molecule has 0 aliphatic carbocycles. The van der Waals surface area contributed by atoms with Gasteiger partial charge in [-0.25, -0.2) is 14.8 Å². The van der Waals surface area contributed by atoms with E-state index in [1.54, 1.807) is 0 Å². The molecule has 16 heavy (non-hydrogen) atoms. The van der Waals surface area contributed by atoms with E-state index in [-0.39, 0.29) is 11.5 Å². The van der Waals surface area contributed by atoms with E-state index in [9.17, 15) is 4.79 Å². The average molecular weight is 222 g/mol. The number of nitrogens with zero attached hydrogens (tertiary/aromatic N) is 3. The van der Waals surface area contributed by atoms with Gasteiger partial charge in [0, 0.05) is 12.4 Å². The summed E-state index contributed by atoms with van der Waals surface area (Å²) in [5.41, 5.74) is 0.0462. The number of aliphatic hydroxyl groups is 1. The van der Waals surface area contributed by atoms with E-state index in [0.29, 0.717) is 0 Å². The van der Waals surface area contributed by atoms with Crippen molar-refractivity contribution in [3.05, 3.63) is 18.1 Å². The van der Waals surface area contributed by atoms with Gasteiger partial charge < -0.3 is 15.2 Å². The number of hydrogen-bond donors (Lipinski definition) is 2. The minimum absolute atomic E-state index is 0.0462. The maximum absolute atomic E-state index is 11.2. The van der Waals surface area contributed by atoms with Gasteiger partial charge in [0.2, 0.25) is 0 Å². The number of aromatic nitrogens is 2. The van der Waals surface area contributed by atoms with Crippen molar-refractivity contribution in [2.45, 2.75) is 6.04 Å². The predicted octanol–water partition coefficient (Wildman–Crippen LogP) is -0.706. The first-order valence-electron chi connectivity index (χ1n) is 4.39. The van der Waals surface area contributed by atoms with Crippen LogP contribution in [-0.2, 0) is 9.53 Å². The maximum Gasteiger partial charge on any atom is 0.330 e. The highest BCUT2D eigenvalue weighted by Crippen LogP contribution is 2.08. The van der Waals surface area contributed by atoms with Crippen LogP contribution in [0.15, 0.2) is 12.4 Å². The van der Waals surface area contributed by atoms with Gasteiger partial charge in [-0.05, 0) is 0 Å². The Morgan fingerprint density at radius 2 is 2.38 bits per heavy atom. The first-order chi connectivity index (χ1) is 7.72. The smallest absolute Gasteiger partial charge is 0.330 e. The van der Waals surface area contributed by atoms with E-state index in [4.69, 9.17) is 10.4 Å². The number of esters is 1. The van der Waals surface area contributed by atoms with E-state index >= 15 is 0 Å². The molecule has 0 amide bonds. The Labute approximate surface area is 91.7 Å². The number of anilines is 1. The fourth-order valence-corrected chi connectivity index (χ4v) is 1.01. The van der Waals surface area contributed by atoms with Crippen LogP contribution >= 0.6 is 0 Å². The molecule has 0 aromatic carbocycles. The zero-order valence-electron chi connectivity index (χ0n) is 8.54. The van der Waals surface area contributed by atoms with Crippen molar-refractivity contribution in [2.75, 3.05) is 19.0 Å². The molecule has 1 heterocycles. The van der Waals surface area contributed by atoms with Crippen molar-refractivity contribution in [1.29, 1.82) is 5.26 Å². The number of nitrogens with one attached hydrogen (secondary N) is 1. The highest BCUT2D eigenvalue weighted by Gasteiger charge is 2.19. The molecule has 0 radical (unpaired) electrons. The van der Waals surface area contributed by atoms with E-state index in [2.05, 4.69) is 20.0 Å². The van der Waals surface area contributed by atoms with Crippen LogP contribution in [-0.4, -0.2) is 40.8 Å². The summed E-state index contributed by atoms with van der Waals surface area (Å²) in [7, 11) is 1.20. The Bertz CT molecular complexity index is 415. The third-order valence-electron chi connectivity index (χ3n) is 1.78. The maximum atomic E-state index is 11.2. The SMILES string of the molecule is COC(=O)C(CO)Nc1nccnc1C#N. The average Bonchev–Trinajstić information content (AvgIpc) is 2.35. The van der Waals surface area contributed by atoms with E-state index in [0.717, 1.165) is 0 Å². The molecule has 7 heteroatoms. The Morgan fingerprint density at radius 1 is 1.69 bits per heavy atom. The number of ether oxygens (including phenoxy) is 1. The van der Waals surface area contributed by atoms with Crippen molar-refractivity contribution >= 4 is 11.8 Å². The van der Waals surface area contributed by atoms with E-state index in [1.807, 2.05) is 6.07 Å². The monoisotopic (exact) mass is 222 g/mol. The third-order valence-corrected chi connectivity index (χ3v) is 1.78. The van der Waals surface area contributed by atoms with Gasteiger partial charge in [-0.2, -0.15) is 5.26 Å². The molecule has 0 aliphatic rings. The lowest BCUT2D eigenvalue weighted by molar-refractivity contribution is -0.142. The number of hydrogen-bond acceptors (Lipinski definition) is 7. The third kappa shape index (κ3) is 2.65. The lowest BCUT2D eigenvalue weighted by atomic mass is 10.3. The Morgan fingerprint density at radius 3 is 2.94 bits per heavy atom. The first kappa shape index (κ1) is 11.9. The van der Waals surface area contributed by atoms with Crippen molar-refractivity contribution in [3.63, 3.8) is 0 Å². The molecular weight excluding hydrogens is 212 g/mol. The summed E-state index contributed by atoms with van der Waals surface area (Å²) >= 11 is 0. The van der Waals surface area contributed by atoms with Gasteiger partial charge in [-0.1, -0.05) is 0 Å². The van der Waals surface area contributed by atoms with Gasteiger partial charge in [0.15, 0.2) is 11.5 Å². The largest absolute Gasteiger partial charge is 0.467 e. The summed E-state index contributed by atoms with van der Waals surface area (Å²) < 4.78 is 4.46. The molecule has 0 saturated carbocycles. The molecule has 0 spiro atoms. The Hall–Kier alpha value is -2.20. The molecule has 7 nitrogen and oxygen atoms in total. The van der Waals surface area contributed by atoms with Crippen molar-refractivity contribution < 1.29 is 14.6 Å².